The summed E-state index contributed by atoms with van der Waals surface area (Å²) < 4.78 is 13.4. The molecular weight excluding hydrogens is 347 g/mol. The molecule has 4 rings (SSSR count). The first kappa shape index (κ1) is 17.6. The van der Waals surface area contributed by atoms with Crippen LogP contribution in [0.5, 0.6) is 0 Å². The molecular formula is C20H21FN4O2. The number of pyridine rings is 2. The highest BCUT2D eigenvalue weighted by Crippen LogP contribution is 2.41. The van der Waals surface area contributed by atoms with Crippen LogP contribution in [0, 0.1) is 11.4 Å². The van der Waals surface area contributed by atoms with Crippen molar-refractivity contribution < 1.29 is 14.0 Å². The Labute approximate surface area is 157 Å². The lowest BCUT2D eigenvalue weighted by molar-refractivity contribution is -0.138. The van der Waals surface area contributed by atoms with Gasteiger partial charge in [-0.3, -0.25) is 14.6 Å². The summed E-state index contributed by atoms with van der Waals surface area (Å²) in [5, 5.41) is 0. The van der Waals surface area contributed by atoms with Crippen molar-refractivity contribution in [1.29, 1.82) is 0 Å². The standard InChI is InChI=1S/C20H21FN4O2/c21-17-11-16(4-8-23-17)18(26)25-9-2-5-20(14-25)6-10-24(19(20)27)13-15-3-1-7-22-12-15/h1,3-4,7-8,11-12H,2,5-6,9-10,13-14H2/t20-/m1/s1. The molecule has 2 aliphatic rings. The minimum absolute atomic E-state index is 0.102. The third kappa shape index (κ3) is 3.41. The third-order valence-corrected chi connectivity index (χ3v) is 5.54. The highest BCUT2D eigenvalue weighted by atomic mass is 19.1. The van der Waals surface area contributed by atoms with Crippen molar-refractivity contribution in [1.82, 2.24) is 19.8 Å². The van der Waals surface area contributed by atoms with Crippen LogP contribution in [0.25, 0.3) is 0 Å². The normalized spacial score (nSPS) is 22.5. The summed E-state index contributed by atoms with van der Waals surface area (Å²) >= 11 is 0. The maximum absolute atomic E-state index is 13.4. The Morgan fingerprint density at radius 1 is 1.22 bits per heavy atom. The second kappa shape index (κ2) is 7.06. The molecule has 0 aliphatic carbocycles. The lowest BCUT2D eigenvalue weighted by Gasteiger charge is -2.39. The molecule has 2 aliphatic heterocycles. The number of carbonyl (C=O) groups is 2. The zero-order valence-electron chi connectivity index (χ0n) is 15.0. The van der Waals surface area contributed by atoms with Crippen molar-refractivity contribution in [2.75, 3.05) is 19.6 Å². The summed E-state index contributed by atoms with van der Waals surface area (Å²) in [5.41, 5.74) is 0.748. The molecule has 4 heterocycles. The lowest BCUT2D eigenvalue weighted by atomic mass is 9.78. The highest BCUT2D eigenvalue weighted by Gasteiger charge is 2.49. The van der Waals surface area contributed by atoms with E-state index < -0.39 is 11.4 Å². The van der Waals surface area contributed by atoms with Gasteiger partial charge in [0, 0.05) is 56.4 Å². The number of rotatable bonds is 3. The van der Waals surface area contributed by atoms with Crippen molar-refractivity contribution in [3.05, 3.63) is 59.9 Å². The SMILES string of the molecule is O=C(c1ccnc(F)c1)N1CCC[C@@]2(CCN(Cc3cccnc3)C2=O)C1. The van der Waals surface area contributed by atoms with E-state index in [0.717, 1.165) is 30.9 Å². The van der Waals surface area contributed by atoms with Gasteiger partial charge in [-0.05, 0) is 37.0 Å². The van der Waals surface area contributed by atoms with Crippen molar-refractivity contribution in [2.24, 2.45) is 5.41 Å². The second-order valence-corrected chi connectivity index (χ2v) is 7.32. The summed E-state index contributed by atoms with van der Waals surface area (Å²) in [4.78, 5) is 37.1. The van der Waals surface area contributed by atoms with Gasteiger partial charge < -0.3 is 9.80 Å². The van der Waals surface area contributed by atoms with Crippen LogP contribution in [0.3, 0.4) is 0 Å². The number of hydrogen-bond donors (Lipinski definition) is 0. The van der Waals surface area contributed by atoms with E-state index in [4.69, 9.17) is 0 Å². The van der Waals surface area contributed by atoms with Gasteiger partial charge in [0.25, 0.3) is 5.91 Å². The minimum atomic E-state index is -0.674. The molecule has 0 radical (unpaired) electrons. The van der Waals surface area contributed by atoms with Gasteiger partial charge in [0.15, 0.2) is 0 Å². The molecule has 0 unspecified atom stereocenters. The quantitative estimate of drug-likeness (QED) is 0.780. The van der Waals surface area contributed by atoms with Crippen LogP contribution in [-0.4, -0.2) is 51.2 Å². The largest absolute Gasteiger partial charge is 0.338 e. The molecule has 2 aromatic rings. The number of halogens is 1. The zero-order chi connectivity index (χ0) is 18.9. The van der Waals surface area contributed by atoms with Crippen molar-refractivity contribution in [2.45, 2.75) is 25.8 Å². The van der Waals surface area contributed by atoms with E-state index >= 15 is 0 Å². The molecule has 2 aromatic heterocycles. The predicted octanol–water partition coefficient (Wildman–Crippen LogP) is 2.27. The Morgan fingerprint density at radius 2 is 2.11 bits per heavy atom. The first-order valence-corrected chi connectivity index (χ1v) is 9.17. The molecule has 1 spiro atoms. The molecule has 6 nitrogen and oxygen atoms in total. The summed E-state index contributed by atoms with van der Waals surface area (Å²) in [6.07, 6.45) is 7.06. The topological polar surface area (TPSA) is 66.4 Å². The van der Waals surface area contributed by atoms with Gasteiger partial charge in [0.1, 0.15) is 0 Å². The molecule has 0 aromatic carbocycles. The van der Waals surface area contributed by atoms with Crippen LogP contribution in [0.15, 0.2) is 42.9 Å². The minimum Gasteiger partial charge on any atom is -0.338 e. The third-order valence-electron chi connectivity index (χ3n) is 5.54. The van der Waals surface area contributed by atoms with Crippen LogP contribution in [-0.2, 0) is 11.3 Å². The first-order valence-electron chi connectivity index (χ1n) is 9.17. The maximum atomic E-state index is 13.4. The van der Waals surface area contributed by atoms with E-state index in [2.05, 4.69) is 9.97 Å². The van der Waals surface area contributed by atoms with E-state index in [9.17, 15) is 14.0 Å². The second-order valence-electron chi connectivity index (χ2n) is 7.32. The van der Waals surface area contributed by atoms with E-state index in [0.29, 0.717) is 26.2 Å². The van der Waals surface area contributed by atoms with Gasteiger partial charge in [-0.25, -0.2) is 4.98 Å². The zero-order valence-corrected chi connectivity index (χ0v) is 15.0. The molecule has 0 saturated carbocycles. The summed E-state index contributed by atoms with van der Waals surface area (Å²) in [6, 6.07) is 6.48. The molecule has 7 heteroatoms. The average Bonchev–Trinajstić information content (AvgIpc) is 2.98. The predicted molar refractivity (Wildman–Crippen MR) is 96.0 cm³/mol. The lowest BCUT2D eigenvalue weighted by Crippen LogP contribution is -2.49. The maximum Gasteiger partial charge on any atom is 0.254 e. The fourth-order valence-corrected chi connectivity index (χ4v) is 4.16. The Kier molecular flexibility index (Phi) is 4.59. The fraction of sp³-hybridized carbons (Fsp3) is 0.400. The highest BCUT2D eigenvalue weighted by molar-refractivity contribution is 5.95. The Balaban J connectivity index is 1.49. The summed E-state index contributed by atoms with van der Waals surface area (Å²) in [7, 11) is 0. The fourth-order valence-electron chi connectivity index (χ4n) is 4.16. The molecule has 2 fully saturated rings. The molecule has 1 atom stereocenters. The van der Waals surface area contributed by atoms with E-state index in [1.807, 2.05) is 17.0 Å². The number of hydrogen-bond acceptors (Lipinski definition) is 4. The van der Waals surface area contributed by atoms with E-state index in [-0.39, 0.29) is 17.4 Å². The molecule has 0 N–H and O–H groups in total. The summed E-state index contributed by atoms with van der Waals surface area (Å²) in [6.45, 7) is 2.19. The number of carbonyl (C=O) groups excluding carboxylic acids is 2. The van der Waals surface area contributed by atoms with Crippen LogP contribution in [0.2, 0.25) is 0 Å². The molecule has 27 heavy (non-hydrogen) atoms. The number of amides is 2. The number of nitrogens with zero attached hydrogens (tertiary/aromatic N) is 4. The van der Waals surface area contributed by atoms with Gasteiger partial charge >= 0.3 is 0 Å². The molecule has 2 amide bonds. The van der Waals surface area contributed by atoms with Gasteiger partial charge in [0.2, 0.25) is 11.9 Å². The Bertz CT molecular complexity index is 860. The van der Waals surface area contributed by atoms with Gasteiger partial charge in [-0.1, -0.05) is 6.07 Å². The van der Waals surface area contributed by atoms with Gasteiger partial charge in [-0.15, -0.1) is 0 Å². The van der Waals surface area contributed by atoms with Crippen molar-refractivity contribution >= 4 is 11.8 Å². The average molecular weight is 368 g/mol. The van der Waals surface area contributed by atoms with Crippen LogP contribution < -0.4 is 0 Å². The van der Waals surface area contributed by atoms with Crippen molar-refractivity contribution in [3.8, 4) is 0 Å². The van der Waals surface area contributed by atoms with Gasteiger partial charge in [0.05, 0.1) is 5.41 Å². The number of aromatic nitrogens is 2. The monoisotopic (exact) mass is 368 g/mol. The van der Waals surface area contributed by atoms with Crippen molar-refractivity contribution in [3.63, 3.8) is 0 Å². The van der Waals surface area contributed by atoms with E-state index in [1.165, 1.54) is 12.3 Å². The van der Waals surface area contributed by atoms with E-state index in [1.54, 1.807) is 17.3 Å². The number of piperidine rings is 1. The molecule has 0 bridgehead atoms. The van der Waals surface area contributed by atoms with Crippen LogP contribution in [0.1, 0.15) is 35.2 Å². The van der Waals surface area contributed by atoms with Gasteiger partial charge in [-0.2, -0.15) is 4.39 Å². The summed E-state index contributed by atoms with van der Waals surface area (Å²) in [5.74, 6) is -0.814. The Hall–Kier alpha value is -2.83. The Morgan fingerprint density at radius 3 is 2.89 bits per heavy atom. The van der Waals surface area contributed by atoms with Crippen LogP contribution in [0.4, 0.5) is 4.39 Å². The smallest absolute Gasteiger partial charge is 0.254 e. The number of likely N-dealkylation sites (tertiary alicyclic amines) is 2. The van der Waals surface area contributed by atoms with Crippen LogP contribution >= 0.6 is 0 Å². The first-order chi connectivity index (χ1) is 13.1. The molecule has 2 saturated heterocycles. The molecule has 140 valence electrons.